The Kier molecular flexibility index (Phi) is 4.78. The molecule has 1 saturated carbocycles. The number of rotatable bonds is 7. The molecule has 1 aliphatic carbocycles. The van der Waals surface area contributed by atoms with Gasteiger partial charge in [0.15, 0.2) is 0 Å². The van der Waals surface area contributed by atoms with Crippen LogP contribution in [-0.2, 0) is 17.8 Å². The number of imidazole rings is 1. The third-order valence-corrected chi connectivity index (χ3v) is 3.85. The molecule has 1 N–H and O–H groups in total. The Morgan fingerprint density at radius 3 is 2.94 bits per heavy atom. The van der Waals surface area contributed by atoms with Gasteiger partial charge in [-0.25, -0.2) is 4.98 Å². The average molecular weight is 251 g/mol. The largest absolute Gasteiger partial charge is 0.383 e. The standard InChI is InChI=1S/C14H25N3O/c1-14(5-3-4-6-14)11-17-10-13(16-12-17)9-15-7-8-18-2/h10,12,15H,3-9,11H2,1-2H3. The van der Waals surface area contributed by atoms with Crippen molar-refractivity contribution in [2.75, 3.05) is 20.3 Å². The van der Waals surface area contributed by atoms with Crippen molar-refractivity contribution in [1.82, 2.24) is 14.9 Å². The van der Waals surface area contributed by atoms with Crippen LogP contribution in [0.4, 0.5) is 0 Å². The fourth-order valence-corrected chi connectivity index (χ4v) is 2.80. The highest BCUT2D eigenvalue weighted by Gasteiger charge is 2.28. The Morgan fingerprint density at radius 1 is 1.44 bits per heavy atom. The zero-order valence-corrected chi connectivity index (χ0v) is 11.6. The maximum absolute atomic E-state index is 5.00. The summed E-state index contributed by atoms with van der Waals surface area (Å²) < 4.78 is 7.25. The lowest BCUT2D eigenvalue weighted by molar-refractivity contribution is 0.199. The molecule has 102 valence electrons. The van der Waals surface area contributed by atoms with Crippen LogP contribution >= 0.6 is 0 Å². The predicted molar refractivity (Wildman–Crippen MR) is 72.4 cm³/mol. The van der Waals surface area contributed by atoms with Gasteiger partial charge >= 0.3 is 0 Å². The van der Waals surface area contributed by atoms with Crippen LogP contribution in [0.3, 0.4) is 0 Å². The lowest BCUT2D eigenvalue weighted by Gasteiger charge is -2.23. The zero-order chi connectivity index (χ0) is 12.8. The van der Waals surface area contributed by atoms with E-state index in [-0.39, 0.29) is 0 Å². The molecular formula is C14H25N3O. The quantitative estimate of drug-likeness (QED) is 0.755. The lowest BCUT2D eigenvalue weighted by atomic mass is 9.89. The summed E-state index contributed by atoms with van der Waals surface area (Å²) in [6, 6.07) is 0. The van der Waals surface area contributed by atoms with Crippen molar-refractivity contribution >= 4 is 0 Å². The van der Waals surface area contributed by atoms with Gasteiger partial charge in [-0.3, -0.25) is 0 Å². The van der Waals surface area contributed by atoms with E-state index in [1.165, 1.54) is 25.7 Å². The summed E-state index contributed by atoms with van der Waals surface area (Å²) in [6.45, 7) is 5.96. The van der Waals surface area contributed by atoms with Crippen molar-refractivity contribution in [3.63, 3.8) is 0 Å². The van der Waals surface area contributed by atoms with Gasteiger partial charge in [0, 0.05) is 32.9 Å². The van der Waals surface area contributed by atoms with Gasteiger partial charge < -0.3 is 14.6 Å². The van der Waals surface area contributed by atoms with Gasteiger partial charge in [0.25, 0.3) is 0 Å². The average Bonchev–Trinajstić information content (AvgIpc) is 2.95. The maximum Gasteiger partial charge on any atom is 0.0950 e. The minimum absolute atomic E-state index is 0.488. The van der Waals surface area contributed by atoms with Crippen molar-refractivity contribution in [1.29, 1.82) is 0 Å². The second-order valence-electron chi connectivity index (χ2n) is 5.72. The molecule has 0 atom stereocenters. The third-order valence-electron chi connectivity index (χ3n) is 3.85. The molecule has 0 bridgehead atoms. The molecule has 0 radical (unpaired) electrons. The van der Waals surface area contributed by atoms with Crippen LogP contribution < -0.4 is 5.32 Å². The molecule has 4 nitrogen and oxygen atoms in total. The van der Waals surface area contributed by atoms with Gasteiger partial charge in [-0.05, 0) is 18.3 Å². The molecule has 0 aromatic carbocycles. The fraction of sp³-hybridized carbons (Fsp3) is 0.786. The Hall–Kier alpha value is -0.870. The van der Waals surface area contributed by atoms with Gasteiger partial charge in [0.1, 0.15) is 0 Å². The summed E-state index contributed by atoms with van der Waals surface area (Å²) in [5.74, 6) is 0. The number of aromatic nitrogens is 2. The van der Waals surface area contributed by atoms with Gasteiger partial charge in [0.2, 0.25) is 0 Å². The highest BCUT2D eigenvalue weighted by molar-refractivity contribution is 4.97. The van der Waals surface area contributed by atoms with E-state index in [1.54, 1.807) is 7.11 Å². The Morgan fingerprint density at radius 2 is 2.22 bits per heavy atom. The summed E-state index contributed by atoms with van der Waals surface area (Å²) in [4.78, 5) is 4.45. The predicted octanol–water partition coefficient (Wildman–Crippen LogP) is 2.20. The normalized spacial score (nSPS) is 18.3. The molecule has 1 fully saturated rings. The van der Waals surface area contributed by atoms with E-state index in [4.69, 9.17) is 4.74 Å². The number of methoxy groups -OCH3 is 1. The van der Waals surface area contributed by atoms with Crippen molar-refractivity contribution in [3.05, 3.63) is 18.2 Å². The maximum atomic E-state index is 5.00. The number of hydrogen-bond donors (Lipinski definition) is 1. The van der Waals surface area contributed by atoms with Crippen LogP contribution in [0.15, 0.2) is 12.5 Å². The van der Waals surface area contributed by atoms with Crippen LogP contribution in [0.25, 0.3) is 0 Å². The first-order chi connectivity index (χ1) is 8.72. The SMILES string of the molecule is COCCNCc1cn(CC2(C)CCCC2)cn1. The van der Waals surface area contributed by atoms with Crippen LogP contribution in [0.2, 0.25) is 0 Å². The van der Waals surface area contributed by atoms with Gasteiger partial charge in [-0.1, -0.05) is 19.8 Å². The number of hydrogen-bond acceptors (Lipinski definition) is 3. The van der Waals surface area contributed by atoms with Crippen LogP contribution in [0, 0.1) is 5.41 Å². The zero-order valence-electron chi connectivity index (χ0n) is 11.6. The van der Waals surface area contributed by atoms with Crippen molar-refractivity contribution < 1.29 is 4.74 Å². The minimum Gasteiger partial charge on any atom is -0.383 e. The minimum atomic E-state index is 0.488. The second kappa shape index (κ2) is 6.34. The van der Waals surface area contributed by atoms with Crippen LogP contribution in [0.5, 0.6) is 0 Å². The summed E-state index contributed by atoms with van der Waals surface area (Å²) in [7, 11) is 1.72. The molecule has 0 aliphatic heterocycles. The smallest absolute Gasteiger partial charge is 0.0950 e. The number of nitrogens with one attached hydrogen (secondary N) is 1. The summed E-state index contributed by atoms with van der Waals surface area (Å²) in [5.41, 5.74) is 1.61. The summed E-state index contributed by atoms with van der Waals surface area (Å²) >= 11 is 0. The number of nitrogens with zero attached hydrogens (tertiary/aromatic N) is 2. The molecular weight excluding hydrogens is 226 g/mol. The Balaban J connectivity index is 1.78. The van der Waals surface area contributed by atoms with Crippen molar-refractivity contribution in [2.45, 2.75) is 45.7 Å². The van der Waals surface area contributed by atoms with Crippen molar-refractivity contribution in [3.8, 4) is 0 Å². The van der Waals surface area contributed by atoms with Gasteiger partial charge in [-0.2, -0.15) is 0 Å². The second-order valence-corrected chi connectivity index (χ2v) is 5.72. The van der Waals surface area contributed by atoms with E-state index < -0.39 is 0 Å². The first kappa shape index (κ1) is 13.6. The van der Waals surface area contributed by atoms with E-state index in [2.05, 4.69) is 28.0 Å². The van der Waals surface area contributed by atoms with Crippen LogP contribution in [-0.4, -0.2) is 29.8 Å². The first-order valence-corrected chi connectivity index (χ1v) is 6.92. The fourth-order valence-electron chi connectivity index (χ4n) is 2.80. The highest BCUT2D eigenvalue weighted by atomic mass is 16.5. The van der Waals surface area contributed by atoms with Crippen LogP contribution in [0.1, 0.15) is 38.3 Å². The van der Waals surface area contributed by atoms with E-state index in [9.17, 15) is 0 Å². The molecule has 4 heteroatoms. The van der Waals surface area contributed by atoms with Gasteiger partial charge in [-0.15, -0.1) is 0 Å². The highest BCUT2D eigenvalue weighted by Crippen LogP contribution is 2.38. The lowest BCUT2D eigenvalue weighted by Crippen LogP contribution is -2.19. The molecule has 1 heterocycles. The molecule has 1 aromatic rings. The topological polar surface area (TPSA) is 39.1 Å². The molecule has 0 spiro atoms. The Bertz CT molecular complexity index is 356. The third kappa shape index (κ3) is 3.82. The molecule has 0 saturated heterocycles. The monoisotopic (exact) mass is 251 g/mol. The van der Waals surface area contributed by atoms with E-state index in [1.807, 2.05) is 6.33 Å². The number of ether oxygens (including phenoxy) is 1. The summed E-state index contributed by atoms with van der Waals surface area (Å²) in [6.07, 6.45) is 9.62. The van der Waals surface area contributed by atoms with E-state index in [0.29, 0.717) is 5.41 Å². The molecule has 2 rings (SSSR count). The first-order valence-electron chi connectivity index (χ1n) is 6.92. The summed E-state index contributed by atoms with van der Waals surface area (Å²) in [5, 5.41) is 3.32. The Labute approximate surface area is 110 Å². The molecule has 1 aromatic heterocycles. The molecule has 1 aliphatic rings. The van der Waals surface area contributed by atoms with Gasteiger partial charge in [0.05, 0.1) is 18.6 Å². The van der Waals surface area contributed by atoms with E-state index >= 15 is 0 Å². The molecule has 18 heavy (non-hydrogen) atoms. The molecule has 0 amide bonds. The van der Waals surface area contributed by atoms with E-state index in [0.717, 1.165) is 31.9 Å². The van der Waals surface area contributed by atoms with Crippen molar-refractivity contribution in [2.24, 2.45) is 5.41 Å². The molecule has 0 unspecified atom stereocenters.